The van der Waals surface area contributed by atoms with Gasteiger partial charge in [0.1, 0.15) is 0 Å². The average Bonchev–Trinajstić information content (AvgIpc) is 2.75. The van der Waals surface area contributed by atoms with Crippen molar-refractivity contribution < 1.29 is 8.42 Å². The lowest BCUT2D eigenvalue weighted by Gasteiger charge is -2.16. The topological polar surface area (TPSA) is 37.4 Å². The first-order chi connectivity index (χ1) is 8.89. The minimum atomic E-state index is -3.45. The minimum Gasteiger partial charge on any atom is -0.207 e. The fourth-order valence-corrected chi connectivity index (χ4v) is 4.00. The van der Waals surface area contributed by atoms with Crippen LogP contribution < -0.4 is 0 Å². The molecule has 0 bridgehead atoms. The Morgan fingerprint density at radius 3 is 2.32 bits per heavy atom. The zero-order valence-electron chi connectivity index (χ0n) is 10.6. The van der Waals surface area contributed by atoms with Crippen molar-refractivity contribution in [3.8, 4) is 0 Å². The first-order valence-electron chi connectivity index (χ1n) is 5.67. The summed E-state index contributed by atoms with van der Waals surface area (Å²) in [6, 6.07) is 10.5. The highest BCUT2D eigenvalue weighted by molar-refractivity contribution is 7.89. The van der Waals surface area contributed by atoms with Crippen LogP contribution in [-0.2, 0) is 16.6 Å². The van der Waals surface area contributed by atoms with Crippen molar-refractivity contribution in [2.45, 2.75) is 18.4 Å². The van der Waals surface area contributed by atoms with E-state index in [1.807, 2.05) is 13.0 Å². The van der Waals surface area contributed by atoms with Crippen LogP contribution in [0, 0.1) is 6.92 Å². The molecule has 0 aliphatic carbocycles. The Bertz CT molecular complexity index is 662. The lowest BCUT2D eigenvalue weighted by molar-refractivity contribution is 0.469. The zero-order chi connectivity index (χ0) is 14.0. The number of thiophene rings is 1. The summed E-state index contributed by atoms with van der Waals surface area (Å²) in [5, 5.41) is 0. The first-order valence-corrected chi connectivity index (χ1v) is 8.30. The Morgan fingerprint density at radius 2 is 1.79 bits per heavy atom. The molecule has 0 saturated heterocycles. The molecule has 0 saturated carbocycles. The smallest absolute Gasteiger partial charge is 0.207 e. The van der Waals surface area contributed by atoms with Crippen molar-refractivity contribution in [1.29, 1.82) is 0 Å². The van der Waals surface area contributed by atoms with Crippen LogP contribution in [0.3, 0.4) is 0 Å². The molecule has 0 N–H and O–H groups in total. The molecule has 1 heterocycles. The van der Waals surface area contributed by atoms with Gasteiger partial charge >= 0.3 is 0 Å². The van der Waals surface area contributed by atoms with Gasteiger partial charge in [-0.15, -0.1) is 11.3 Å². The second-order valence-corrected chi connectivity index (χ2v) is 8.12. The molecule has 0 fully saturated rings. The van der Waals surface area contributed by atoms with Gasteiger partial charge in [-0.2, -0.15) is 4.31 Å². The molecule has 2 aromatic rings. The lowest BCUT2D eigenvalue weighted by Crippen LogP contribution is -2.26. The number of sulfonamides is 1. The van der Waals surface area contributed by atoms with Crippen LogP contribution in [0.5, 0.6) is 0 Å². The Hall–Kier alpha value is -0.880. The van der Waals surface area contributed by atoms with E-state index in [0.717, 1.165) is 10.4 Å². The quantitative estimate of drug-likeness (QED) is 0.865. The maximum Gasteiger partial charge on any atom is 0.243 e. The van der Waals surface area contributed by atoms with Crippen LogP contribution in [0.25, 0.3) is 0 Å². The number of aryl methyl sites for hydroxylation is 1. The molecule has 0 unspecified atom stereocenters. The molecule has 3 nitrogen and oxygen atoms in total. The number of nitrogens with zero attached hydrogens (tertiary/aromatic N) is 1. The van der Waals surface area contributed by atoms with E-state index in [4.69, 9.17) is 11.6 Å². The van der Waals surface area contributed by atoms with Gasteiger partial charge in [-0.1, -0.05) is 29.3 Å². The van der Waals surface area contributed by atoms with Crippen LogP contribution in [0.1, 0.15) is 10.4 Å². The molecule has 0 aliphatic heterocycles. The van der Waals surface area contributed by atoms with E-state index >= 15 is 0 Å². The van der Waals surface area contributed by atoms with Gasteiger partial charge in [-0.05, 0) is 31.2 Å². The summed E-state index contributed by atoms with van der Waals surface area (Å²) in [6.07, 6.45) is 0. The maximum atomic E-state index is 12.4. The fourth-order valence-electron chi connectivity index (χ4n) is 1.63. The zero-order valence-corrected chi connectivity index (χ0v) is 13.0. The Morgan fingerprint density at radius 1 is 1.16 bits per heavy atom. The van der Waals surface area contributed by atoms with Crippen molar-refractivity contribution in [3.05, 3.63) is 51.2 Å². The molecular weight excluding hydrogens is 302 g/mol. The largest absolute Gasteiger partial charge is 0.243 e. The van der Waals surface area contributed by atoms with Crippen LogP contribution in [0.2, 0.25) is 4.34 Å². The monoisotopic (exact) mass is 315 g/mol. The van der Waals surface area contributed by atoms with Gasteiger partial charge in [0.05, 0.1) is 9.23 Å². The van der Waals surface area contributed by atoms with Crippen LogP contribution in [0.15, 0.2) is 41.3 Å². The highest BCUT2D eigenvalue weighted by Crippen LogP contribution is 2.24. The molecule has 6 heteroatoms. The second-order valence-electron chi connectivity index (χ2n) is 4.28. The van der Waals surface area contributed by atoms with Gasteiger partial charge < -0.3 is 0 Å². The van der Waals surface area contributed by atoms with Crippen molar-refractivity contribution in [3.63, 3.8) is 0 Å². The first kappa shape index (κ1) is 14.5. The van der Waals surface area contributed by atoms with Gasteiger partial charge in [0.15, 0.2) is 0 Å². The predicted molar refractivity (Wildman–Crippen MR) is 79.2 cm³/mol. The second kappa shape index (κ2) is 5.63. The van der Waals surface area contributed by atoms with Gasteiger partial charge in [0.25, 0.3) is 0 Å². The fraction of sp³-hybridized carbons (Fsp3) is 0.231. The van der Waals surface area contributed by atoms with E-state index < -0.39 is 10.0 Å². The van der Waals surface area contributed by atoms with E-state index in [0.29, 0.717) is 15.8 Å². The molecule has 1 aromatic carbocycles. The van der Waals surface area contributed by atoms with Crippen molar-refractivity contribution in [2.24, 2.45) is 0 Å². The van der Waals surface area contributed by atoms with Gasteiger partial charge in [-0.3, -0.25) is 0 Å². The standard InChI is InChI=1S/C13H14ClNO2S2/c1-10-3-6-12(7-4-10)19(16,17)15(2)9-11-5-8-13(14)18-11/h3-8H,9H2,1-2H3. The molecule has 102 valence electrons. The molecule has 0 atom stereocenters. The van der Waals surface area contributed by atoms with E-state index in [1.54, 1.807) is 37.4 Å². The normalized spacial score (nSPS) is 12.0. The summed E-state index contributed by atoms with van der Waals surface area (Å²) in [6.45, 7) is 2.25. The Balaban J connectivity index is 2.21. The lowest BCUT2D eigenvalue weighted by atomic mass is 10.2. The summed E-state index contributed by atoms with van der Waals surface area (Å²) >= 11 is 7.23. The number of halogens is 1. The number of hydrogen-bond acceptors (Lipinski definition) is 3. The van der Waals surface area contributed by atoms with E-state index in [9.17, 15) is 8.42 Å². The van der Waals surface area contributed by atoms with Gasteiger partial charge in [0.2, 0.25) is 10.0 Å². The average molecular weight is 316 g/mol. The van der Waals surface area contributed by atoms with Crippen molar-refractivity contribution >= 4 is 33.0 Å². The summed E-state index contributed by atoms with van der Waals surface area (Å²) in [4.78, 5) is 1.23. The Kier molecular flexibility index (Phi) is 4.30. The molecule has 0 spiro atoms. The molecule has 0 aliphatic rings. The molecular formula is C13H14ClNO2S2. The maximum absolute atomic E-state index is 12.4. The molecule has 0 radical (unpaired) electrons. The van der Waals surface area contributed by atoms with Crippen molar-refractivity contribution in [2.75, 3.05) is 7.05 Å². The predicted octanol–water partition coefficient (Wildman–Crippen LogP) is 3.53. The highest BCUT2D eigenvalue weighted by atomic mass is 35.5. The summed E-state index contributed by atoms with van der Waals surface area (Å²) in [7, 11) is -1.88. The SMILES string of the molecule is Cc1ccc(S(=O)(=O)N(C)Cc2ccc(Cl)s2)cc1. The number of hydrogen-bond donors (Lipinski definition) is 0. The van der Waals surface area contributed by atoms with Crippen LogP contribution in [-0.4, -0.2) is 19.8 Å². The molecule has 1 aromatic heterocycles. The third-order valence-corrected chi connectivity index (χ3v) is 5.77. The van der Waals surface area contributed by atoms with Crippen molar-refractivity contribution in [1.82, 2.24) is 4.31 Å². The molecule has 19 heavy (non-hydrogen) atoms. The van der Waals surface area contributed by atoms with Gasteiger partial charge in [0, 0.05) is 18.5 Å². The minimum absolute atomic E-state index is 0.309. The third kappa shape index (κ3) is 3.36. The number of rotatable bonds is 4. The number of benzene rings is 1. The molecule has 2 rings (SSSR count). The summed E-state index contributed by atoms with van der Waals surface area (Å²) in [5.74, 6) is 0. The van der Waals surface area contributed by atoms with E-state index in [2.05, 4.69) is 0 Å². The summed E-state index contributed by atoms with van der Waals surface area (Å²) in [5.41, 5.74) is 1.03. The van der Waals surface area contributed by atoms with Gasteiger partial charge in [-0.25, -0.2) is 8.42 Å². The highest BCUT2D eigenvalue weighted by Gasteiger charge is 2.21. The van der Waals surface area contributed by atoms with E-state index in [1.165, 1.54) is 15.6 Å². The van der Waals surface area contributed by atoms with Crippen LogP contribution in [0.4, 0.5) is 0 Å². The van der Waals surface area contributed by atoms with Crippen LogP contribution >= 0.6 is 22.9 Å². The Labute approximate surface area is 122 Å². The third-order valence-electron chi connectivity index (χ3n) is 2.74. The summed E-state index contributed by atoms with van der Waals surface area (Å²) < 4.78 is 26.7. The molecule has 0 amide bonds. The van der Waals surface area contributed by atoms with E-state index in [-0.39, 0.29) is 0 Å².